The van der Waals surface area contributed by atoms with Crippen molar-refractivity contribution in [2.75, 3.05) is 24.7 Å². The molecule has 2 aromatic carbocycles. The Morgan fingerprint density at radius 3 is 2.50 bits per heavy atom. The summed E-state index contributed by atoms with van der Waals surface area (Å²) in [7, 11) is 0. The Morgan fingerprint density at radius 2 is 1.81 bits per heavy atom. The molecule has 0 spiro atoms. The number of amides is 1. The van der Waals surface area contributed by atoms with Crippen LogP contribution in [0.25, 0.3) is 0 Å². The van der Waals surface area contributed by atoms with Gasteiger partial charge in [0, 0.05) is 12.6 Å². The fourth-order valence-corrected chi connectivity index (χ4v) is 5.54. The number of nitrogens with one attached hydrogen (secondary N) is 1. The van der Waals surface area contributed by atoms with Crippen LogP contribution in [0.4, 0.5) is 0 Å². The van der Waals surface area contributed by atoms with Crippen molar-refractivity contribution in [2.24, 2.45) is 5.73 Å². The van der Waals surface area contributed by atoms with Crippen LogP contribution in [0.1, 0.15) is 28.2 Å². The number of rotatable bonds is 7. The van der Waals surface area contributed by atoms with Gasteiger partial charge in [0.05, 0.1) is 4.58 Å². The zero-order valence-electron chi connectivity index (χ0n) is 14.6. The summed E-state index contributed by atoms with van der Waals surface area (Å²) in [5.74, 6) is 2.99. The number of hydrogen-bond acceptors (Lipinski definition) is 5. The van der Waals surface area contributed by atoms with Gasteiger partial charge in [-0.3, -0.25) is 4.79 Å². The number of carbonyl (C=O) groups excluding carboxylic acids is 1. The first-order valence-electron chi connectivity index (χ1n) is 8.75. The summed E-state index contributed by atoms with van der Waals surface area (Å²) < 4.78 is 6.10. The number of benzene rings is 2. The molecule has 1 saturated heterocycles. The SMILES string of the molecule is NC(CNC(=O)COc1ccc(C2SCCCS2)cc1)c1ccccc1. The van der Waals surface area contributed by atoms with Gasteiger partial charge in [0.1, 0.15) is 5.75 Å². The number of nitrogens with two attached hydrogens (primary N) is 1. The zero-order chi connectivity index (χ0) is 18.2. The molecule has 1 unspecified atom stereocenters. The minimum Gasteiger partial charge on any atom is -0.484 e. The lowest BCUT2D eigenvalue weighted by Crippen LogP contribution is -2.35. The quantitative estimate of drug-likeness (QED) is 0.756. The second-order valence-corrected chi connectivity index (χ2v) is 8.83. The van der Waals surface area contributed by atoms with Crippen LogP contribution in [-0.2, 0) is 4.79 Å². The molecule has 26 heavy (non-hydrogen) atoms. The smallest absolute Gasteiger partial charge is 0.258 e. The lowest BCUT2D eigenvalue weighted by atomic mass is 10.1. The summed E-state index contributed by atoms with van der Waals surface area (Å²) in [6.45, 7) is 0.384. The summed E-state index contributed by atoms with van der Waals surface area (Å²) in [5, 5.41) is 2.82. The Kier molecular flexibility index (Phi) is 7.29. The molecule has 0 aromatic heterocycles. The average molecular weight is 389 g/mol. The molecule has 0 bridgehead atoms. The van der Waals surface area contributed by atoms with Crippen LogP contribution in [0.3, 0.4) is 0 Å². The van der Waals surface area contributed by atoms with Crippen LogP contribution in [0, 0.1) is 0 Å². The van der Waals surface area contributed by atoms with E-state index in [1.54, 1.807) is 0 Å². The van der Waals surface area contributed by atoms with Crippen LogP contribution in [-0.4, -0.2) is 30.6 Å². The monoisotopic (exact) mass is 388 g/mol. The molecule has 6 heteroatoms. The fourth-order valence-electron chi connectivity index (χ4n) is 2.64. The molecular formula is C20H24N2O2S2. The van der Waals surface area contributed by atoms with E-state index in [1.807, 2.05) is 66.0 Å². The summed E-state index contributed by atoms with van der Waals surface area (Å²) in [6.07, 6.45) is 1.29. The first-order chi connectivity index (χ1) is 12.7. The lowest BCUT2D eigenvalue weighted by Gasteiger charge is -2.21. The molecule has 1 amide bonds. The van der Waals surface area contributed by atoms with Crippen molar-refractivity contribution < 1.29 is 9.53 Å². The molecular weight excluding hydrogens is 364 g/mol. The molecule has 138 valence electrons. The highest BCUT2D eigenvalue weighted by atomic mass is 32.2. The summed E-state index contributed by atoms with van der Waals surface area (Å²) >= 11 is 3.99. The number of ether oxygens (including phenoxy) is 1. The Morgan fingerprint density at radius 1 is 1.12 bits per heavy atom. The molecule has 0 radical (unpaired) electrons. The first kappa shape index (κ1) is 19.1. The fraction of sp³-hybridized carbons (Fsp3) is 0.350. The van der Waals surface area contributed by atoms with Crippen molar-refractivity contribution in [1.82, 2.24) is 5.32 Å². The number of carbonyl (C=O) groups is 1. The molecule has 3 N–H and O–H groups in total. The highest BCUT2D eigenvalue weighted by Crippen LogP contribution is 2.43. The average Bonchev–Trinajstić information content (AvgIpc) is 2.72. The summed E-state index contributed by atoms with van der Waals surface area (Å²) in [4.78, 5) is 12.0. The number of thioether (sulfide) groups is 2. The van der Waals surface area contributed by atoms with Gasteiger partial charge in [-0.15, -0.1) is 23.5 Å². The second kappa shape index (κ2) is 9.90. The molecule has 1 heterocycles. The molecule has 4 nitrogen and oxygen atoms in total. The van der Waals surface area contributed by atoms with E-state index >= 15 is 0 Å². The van der Waals surface area contributed by atoms with Crippen LogP contribution >= 0.6 is 23.5 Å². The maximum absolute atomic E-state index is 12.0. The van der Waals surface area contributed by atoms with Crippen molar-refractivity contribution in [3.8, 4) is 5.75 Å². The van der Waals surface area contributed by atoms with Gasteiger partial charge in [-0.25, -0.2) is 0 Å². The third kappa shape index (κ3) is 5.69. The van der Waals surface area contributed by atoms with Crippen molar-refractivity contribution in [3.63, 3.8) is 0 Å². The number of hydrogen-bond donors (Lipinski definition) is 2. The normalized spacial score (nSPS) is 16.0. The van der Waals surface area contributed by atoms with Crippen LogP contribution in [0.5, 0.6) is 5.75 Å². The third-order valence-corrected chi connectivity index (χ3v) is 7.11. The van der Waals surface area contributed by atoms with E-state index in [-0.39, 0.29) is 18.6 Å². The van der Waals surface area contributed by atoms with Crippen LogP contribution in [0.2, 0.25) is 0 Å². The molecule has 0 saturated carbocycles. The van der Waals surface area contributed by atoms with Crippen LogP contribution < -0.4 is 15.8 Å². The third-order valence-electron chi connectivity index (χ3n) is 4.10. The van der Waals surface area contributed by atoms with E-state index in [2.05, 4.69) is 17.4 Å². The van der Waals surface area contributed by atoms with Crippen molar-refractivity contribution in [3.05, 3.63) is 65.7 Å². The molecule has 2 aromatic rings. The molecule has 1 aliphatic heterocycles. The highest BCUT2D eigenvalue weighted by Gasteiger charge is 2.16. The second-order valence-electron chi connectivity index (χ2n) is 6.11. The van der Waals surface area contributed by atoms with Gasteiger partial charge >= 0.3 is 0 Å². The van der Waals surface area contributed by atoms with Crippen molar-refractivity contribution >= 4 is 29.4 Å². The Labute approximate surface area is 163 Å². The predicted molar refractivity (Wildman–Crippen MR) is 111 cm³/mol. The lowest BCUT2D eigenvalue weighted by molar-refractivity contribution is -0.123. The summed E-state index contributed by atoms with van der Waals surface area (Å²) in [5.41, 5.74) is 8.39. The summed E-state index contributed by atoms with van der Waals surface area (Å²) in [6, 6.07) is 17.6. The predicted octanol–water partition coefficient (Wildman–Crippen LogP) is 3.75. The van der Waals surface area contributed by atoms with Gasteiger partial charge < -0.3 is 15.8 Å². The maximum Gasteiger partial charge on any atom is 0.258 e. The van der Waals surface area contributed by atoms with Gasteiger partial charge in [-0.2, -0.15) is 0 Å². The molecule has 0 aliphatic carbocycles. The van der Waals surface area contributed by atoms with E-state index in [0.29, 0.717) is 16.9 Å². The van der Waals surface area contributed by atoms with E-state index in [4.69, 9.17) is 10.5 Å². The van der Waals surface area contributed by atoms with Gasteiger partial charge in [-0.05, 0) is 41.2 Å². The van der Waals surface area contributed by atoms with E-state index in [1.165, 1.54) is 23.5 Å². The largest absolute Gasteiger partial charge is 0.484 e. The Hall–Kier alpha value is -1.63. The molecule has 3 rings (SSSR count). The zero-order valence-corrected chi connectivity index (χ0v) is 16.2. The molecule has 1 atom stereocenters. The first-order valence-corrected chi connectivity index (χ1v) is 10.9. The van der Waals surface area contributed by atoms with Gasteiger partial charge in [0.2, 0.25) is 0 Å². The minimum absolute atomic E-state index is 0.00617. The topological polar surface area (TPSA) is 64.3 Å². The maximum atomic E-state index is 12.0. The van der Waals surface area contributed by atoms with Gasteiger partial charge in [0.25, 0.3) is 5.91 Å². The Bertz CT molecular complexity index is 689. The molecule has 1 fully saturated rings. The van der Waals surface area contributed by atoms with Crippen LogP contribution in [0.15, 0.2) is 54.6 Å². The van der Waals surface area contributed by atoms with E-state index < -0.39 is 0 Å². The van der Waals surface area contributed by atoms with Crippen molar-refractivity contribution in [1.29, 1.82) is 0 Å². The van der Waals surface area contributed by atoms with Gasteiger partial charge in [0.15, 0.2) is 6.61 Å². The standard InChI is InChI=1S/C20H24N2O2S2/c21-18(15-5-2-1-3-6-15)13-22-19(23)14-24-17-9-7-16(8-10-17)20-25-11-4-12-26-20/h1-3,5-10,18,20H,4,11-14,21H2,(H,22,23). The van der Waals surface area contributed by atoms with Crippen molar-refractivity contribution in [2.45, 2.75) is 17.0 Å². The van der Waals surface area contributed by atoms with Gasteiger partial charge in [-0.1, -0.05) is 42.5 Å². The Balaban J connectivity index is 1.41. The van der Waals surface area contributed by atoms with E-state index in [9.17, 15) is 4.79 Å². The highest BCUT2D eigenvalue weighted by molar-refractivity contribution is 8.16. The minimum atomic E-state index is -0.218. The van der Waals surface area contributed by atoms with E-state index in [0.717, 1.165) is 5.56 Å². The molecule has 1 aliphatic rings.